The predicted octanol–water partition coefficient (Wildman–Crippen LogP) is 11.9. The molecule has 6 aromatic carbocycles. The fourth-order valence-electron chi connectivity index (χ4n) is 10.0. The van der Waals surface area contributed by atoms with Crippen LogP contribution < -0.4 is 3.27 Å². The molecular formula is C45H44Cl2Zr. The number of halogens is 2. The van der Waals surface area contributed by atoms with Crippen LogP contribution in [0.1, 0.15) is 56.4 Å². The molecule has 0 saturated heterocycles. The van der Waals surface area contributed by atoms with E-state index in [-0.39, 0.29) is 31.1 Å². The molecule has 2 aliphatic carbocycles. The van der Waals surface area contributed by atoms with Gasteiger partial charge in [-0.15, -0.1) is 24.8 Å². The van der Waals surface area contributed by atoms with E-state index in [4.69, 9.17) is 4.21 Å². The first kappa shape index (κ1) is 34.5. The third-order valence-corrected chi connectivity index (χ3v) is 36.0. The van der Waals surface area contributed by atoms with E-state index < -0.39 is 18.3 Å². The van der Waals surface area contributed by atoms with Gasteiger partial charge in [-0.2, -0.15) is 0 Å². The molecule has 242 valence electrons. The van der Waals surface area contributed by atoms with Crippen molar-refractivity contribution in [2.75, 3.05) is 0 Å². The molecule has 0 N–H and O–H groups in total. The number of benzene rings is 6. The van der Waals surface area contributed by atoms with Crippen LogP contribution in [0.3, 0.4) is 0 Å². The molecule has 0 aromatic heterocycles. The van der Waals surface area contributed by atoms with Gasteiger partial charge in [0.2, 0.25) is 0 Å². The van der Waals surface area contributed by atoms with Gasteiger partial charge in [-0.3, -0.25) is 0 Å². The number of allylic oxidation sites excluding steroid dienone is 4. The van der Waals surface area contributed by atoms with Crippen LogP contribution in [0.15, 0.2) is 149 Å². The maximum atomic E-state index is 5.96. The van der Waals surface area contributed by atoms with Crippen molar-refractivity contribution in [3.8, 4) is 11.1 Å². The Morgan fingerprint density at radius 1 is 0.583 bits per heavy atom. The van der Waals surface area contributed by atoms with E-state index in [0.29, 0.717) is 0 Å². The van der Waals surface area contributed by atoms with Crippen molar-refractivity contribution >= 4 is 53.8 Å². The number of rotatable bonds is 6. The van der Waals surface area contributed by atoms with Gasteiger partial charge in [-0.05, 0) is 0 Å². The molecule has 0 radical (unpaired) electrons. The van der Waals surface area contributed by atoms with Crippen LogP contribution in [-0.4, -0.2) is 4.21 Å². The van der Waals surface area contributed by atoms with Crippen LogP contribution in [0.5, 0.6) is 0 Å². The molecule has 0 nitrogen and oxygen atoms in total. The summed E-state index contributed by atoms with van der Waals surface area (Å²) in [6.07, 6.45) is 9.05. The fourth-order valence-corrected chi connectivity index (χ4v) is 31.6. The van der Waals surface area contributed by atoms with Gasteiger partial charge < -0.3 is 0 Å². The van der Waals surface area contributed by atoms with Crippen molar-refractivity contribution in [3.05, 3.63) is 171 Å². The monoisotopic (exact) mass is 744 g/mol. The molecule has 8 rings (SSSR count). The van der Waals surface area contributed by atoms with E-state index in [2.05, 4.69) is 173 Å². The zero-order valence-electron chi connectivity index (χ0n) is 28.3. The topological polar surface area (TPSA) is 0 Å². The summed E-state index contributed by atoms with van der Waals surface area (Å²) >= 11 is -5.01. The molecule has 0 atom stereocenters. The van der Waals surface area contributed by atoms with Gasteiger partial charge in [0.15, 0.2) is 0 Å². The quantitative estimate of drug-likeness (QED) is 0.149. The summed E-state index contributed by atoms with van der Waals surface area (Å²) < 4.78 is 8.56. The molecule has 0 bridgehead atoms. The van der Waals surface area contributed by atoms with Crippen LogP contribution in [0.4, 0.5) is 0 Å². The van der Waals surface area contributed by atoms with Gasteiger partial charge in [0.25, 0.3) is 0 Å². The Morgan fingerprint density at radius 3 is 1.73 bits per heavy atom. The Hall–Kier alpha value is -3.35. The van der Waals surface area contributed by atoms with E-state index >= 15 is 0 Å². The van der Waals surface area contributed by atoms with Crippen LogP contribution >= 0.6 is 24.8 Å². The minimum absolute atomic E-state index is 0. The molecule has 48 heavy (non-hydrogen) atoms. The van der Waals surface area contributed by atoms with Crippen molar-refractivity contribution in [2.24, 2.45) is 0 Å². The van der Waals surface area contributed by atoms with Gasteiger partial charge >= 0.3 is 276 Å². The molecule has 0 aliphatic heterocycles. The van der Waals surface area contributed by atoms with Crippen molar-refractivity contribution in [2.45, 2.75) is 46.8 Å². The van der Waals surface area contributed by atoms with E-state index in [1.165, 1.54) is 58.2 Å². The molecule has 6 aromatic rings. The molecule has 0 amide bonds. The molecule has 3 heteroatoms. The standard InChI is InChI=1S/C21H13.2C9H11.C5H5.CH2.2ClH.Zr/c1-2-8-15-14(7-1)13-20-18-11-4-3-9-16(18)17-10-5-6-12-19(17)21(15)20;2*1-8(2)9-6-4-3-5-7-9;1-2-4-5-3-1;;;;/h1-10,12H,13H2;2*3-7H,1-2H3;1-3H,4H2;1H2;2*1H;. The molecule has 0 unspecified atom stereocenters. The Kier molecular flexibility index (Phi) is 8.78. The Morgan fingerprint density at radius 2 is 1.12 bits per heavy atom. The first-order valence-corrected chi connectivity index (χ1v) is 23.4. The number of hydrogen-bond donors (Lipinski definition) is 0. The third kappa shape index (κ3) is 4.27. The zero-order chi connectivity index (χ0) is 31.8. The summed E-state index contributed by atoms with van der Waals surface area (Å²) in [7, 11) is 0. The van der Waals surface area contributed by atoms with Crippen LogP contribution in [0.25, 0.3) is 32.7 Å². The Labute approximate surface area is 299 Å². The normalized spacial score (nSPS) is 14.2. The van der Waals surface area contributed by atoms with E-state index in [0.717, 1.165) is 12.8 Å². The van der Waals surface area contributed by atoms with Crippen molar-refractivity contribution < 1.29 is 18.3 Å². The Balaban J connectivity index is 0.00000201. The Bertz CT molecular complexity index is 2250. The van der Waals surface area contributed by atoms with Gasteiger partial charge in [0.05, 0.1) is 0 Å². The average molecular weight is 747 g/mol. The molecular weight excluding hydrogens is 703 g/mol. The predicted molar refractivity (Wildman–Crippen MR) is 212 cm³/mol. The van der Waals surface area contributed by atoms with Crippen molar-refractivity contribution in [1.29, 1.82) is 0 Å². The van der Waals surface area contributed by atoms with Crippen molar-refractivity contribution in [1.82, 2.24) is 0 Å². The third-order valence-electron chi connectivity index (χ3n) is 12.6. The van der Waals surface area contributed by atoms with Crippen LogP contribution in [-0.2, 0) is 31.0 Å². The second-order valence-electron chi connectivity index (χ2n) is 14.7. The number of fused-ring (bicyclic) bond motifs is 8. The van der Waals surface area contributed by atoms with Gasteiger partial charge in [-0.1, -0.05) is 0 Å². The summed E-state index contributed by atoms with van der Waals surface area (Å²) in [6, 6.07) is 48.1. The first-order chi connectivity index (χ1) is 22.2. The molecule has 0 saturated carbocycles. The van der Waals surface area contributed by atoms with Gasteiger partial charge in [-0.25, -0.2) is 0 Å². The molecule has 2 aliphatic rings. The zero-order valence-corrected chi connectivity index (χ0v) is 32.4. The van der Waals surface area contributed by atoms with Crippen LogP contribution in [0, 0.1) is 0 Å². The fraction of sp³-hybridized carbons (Fsp3) is 0.178. The summed E-state index contributed by atoms with van der Waals surface area (Å²) in [5.41, 5.74) is 8.47. The summed E-state index contributed by atoms with van der Waals surface area (Å²) in [5.74, 6) is 0. The molecule has 0 fully saturated rings. The SMILES string of the molecule is Cl.Cl.[CH2]=[Zr]([C]1=CC=CC1)([c]1cccc2c1c1c(c3ccccc32)-c2ccccc2C1)([C](C)(C)c1ccccc1)[C](C)(C)c1ccccc1. The first-order valence-electron chi connectivity index (χ1n) is 16.7. The van der Waals surface area contributed by atoms with E-state index in [9.17, 15) is 0 Å². The summed E-state index contributed by atoms with van der Waals surface area (Å²) in [5, 5.41) is 5.52. The average Bonchev–Trinajstić information content (AvgIpc) is 3.78. The second kappa shape index (κ2) is 12.2. The molecule has 0 spiro atoms. The summed E-state index contributed by atoms with van der Waals surface area (Å²) in [6.45, 7) is 10.2. The summed E-state index contributed by atoms with van der Waals surface area (Å²) in [4.78, 5) is 0. The molecule has 0 heterocycles. The minimum atomic E-state index is -5.01. The van der Waals surface area contributed by atoms with E-state index in [1.807, 2.05) is 0 Å². The van der Waals surface area contributed by atoms with E-state index in [1.54, 1.807) is 3.28 Å². The second-order valence-corrected chi connectivity index (χ2v) is 30.9. The van der Waals surface area contributed by atoms with Crippen LogP contribution in [0.2, 0.25) is 0 Å². The van der Waals surface area contributed by atoms with Gasteiger partial charge in [0.1, 0.15) is 0 Å². The van der Waals surface area contributed by atoms with Gasteiger partial charge in [0, 0.05) is 0 Å². The number of hydrogen-bond acceptors (Lipinski definition) is 0. The maximum absolute atomic E-state index is 5.96. The van der Waals surface area contributed by atoms with Crippen molar-refractivity contribution in [3.63, 3.8) is 0 Å².